The summed E-state index contributed by atoms with van der Waals surface area (Å²) in [7, 11) is 1.36. The number of nitrogens with two attached hydrogens (primary N) is 1. The Morgan fingerprint density at radius 3 is 3.07 bits per heavy atom. The normalized spacial score (nSPS) is 10.0. The topological polar surface area (TPSA) is 65.2 Å². The zero-order valence-corrected chi connectivity index (χ0v) is 9.77. The number of methoxy groups -OCH3 is 1. The fourth-order valence-electron chi connectivity index (χ4n) is 0.896. The van der Waals surface area contributed by atoms with Gasteiger partial charge in [-0.05, 0) is 6.07 Å². The maximum absolute atomic E-state index is 10.8. The fraction of sp³-hybridized carbons (Fsp3) is 0.333. The SMILES string of the molecule is COC(=O)CCSc1ncc(Cl)cc1N. The van der Waals surface area contributed by atoms with Gasteiger partial charge in [0.2, 0.25) is 0 Å². The number of nitrogen functional groups attached to an aromatic ring is 1. The number of thioether (sulfide) groups is 1. The molecule has 0 aliphatic heterocycles. The lowest BCUT2D eigenvalue weighted by Crippen LogP contribution is -2.01. The molecule has 1 aromatic heterocycles. The van der Waals surface area contributed by atoms with E-state index >= 15 is 0 Å². The number of pyridine rings is 1. The highest BCUT2D eigenvalue weighted by molar-refractivity contribution is 7.99. The molecule has 0 aromatic carbocycles. The largest absolute Gasteiger partial charge is 0.469 e. The van der Waals surface area contributed by atoms with Gasteiger partial charge in [0.15, 0.2) is 0 Å². The second-order valence-electron chi connectivity index (χ2n) is 2.72. The van der Waals surface area contributed by atoms with E-state index in [2.05, 4.69) is 9.72 Å². The first-order valence-electron chi connectivity index (χ1n) is 4.24. The van der Waals surface area contributed by atoms with Crippen LogP contribution in [0.1, 0.15) is 6.42 Å². The molecule has 0 unspecified atom stereocenters. The lowest BCUT2D eigenvalue weighted by atomic mass is 10.4. The molecule has 1 aromatic rings. The number of esters is 1. The average molecular weight is 247 g/mol. The zero-order valence-electron chi connectivity index (χ0n) is 8.20. The van der Waals surface area contributed by atoms with E-state index in [9.17, 15) is 4.79 Å². The molecule has 0 aliphatic rings. The number of carbonyl (C=O) groups is 1. The smallest absolute Gasteiger partial charge is 0.306 e. The molecular formula is C9H11ClN2O2S. The summed E-state index contributed by atoms with van der Waals surface area (Å²) in [6.45, 7) is 0. The summed E-state index contributed by atoms with van der Waals surface area (Å²) in [5.74, 6) is 0.348. The number of rotatable bonds is 4. The Bertz CT molecular complexity index is 360. The number of halogens is 1. The predicted octanol–water partition coefficient (Wildman–Crippen LogP) is 1.97. The zero-order chi connectivity index (χ0) is 11.3. The number of hydrogen-bond acceptors (Lipinski definition) is 5. The van der Waals surface area contributed by atoms with E-state index < -0.39 is 0 Å². The van der Waals surface area contributed by atoms with Gasteiger partial charge in [0.1, 0.15) is 5.03 Å². The van der Waals surface area contributed by atoms with Gasteiger partial charge in [-0.25, -0.2) is 4.98 Å². The number of aromatic nitrogens is 1. The Labute approximate surface area is 97.2 Å². The van der Waals surface area contributed by atoms with Crippen molar-refractivity contribution in [1.82, 2.24) is 4.98 Å². The van der Waals surface area contributed by atoms with Gasteiger partial charge < -0.3 is 10.5 Å². The molecule has 82 valence electrons. The third kappa shape index (κ3) is 3.97. The highest BCUT2D eigenvalue weighted by atomic mass is 35.5. The molecule has 4 nitrogen and oxygen atoms in total. The Morgan fingerprint density at radius 1 is 1.73 bits per heavy atom. The quantitative estimate of drug-likeness (QED) is 0.650. The summed E-state index contributed by atoms with van der Waals surface area (Å²) in [6.07, 6.45) is 1.86. The lowest BCUT2D eigenvalue weighted by molar-refractivity contribution is -0.140. The Kier molecular flexibility index (Phi) is 4.71. The molecule has 6 heteroatoms. The monoisotopic (exact) mass is 246 g/mol. The summed E-state index contributed by atoms with van der Waals surface area (Å²) in [6, 6.07) is 1.63. The first-order chi connectivity index (χ1) is 7.13. The van der Waals surface area contributed by atoms with Gasteiger partial charge in [0, 0.05) is 11.9 Å². The molecular weight excluding hydrogens is 236 g/mol. The van der Waals surface area contributed by atoms with E-state index in [1.165, 1.54) is 25.1 Å². The molecule has 0 spiro atoms. The van der Waals surface area contributed by atoms with Crippen LogP contribution in [0, 0.1) is 0 Å². The maximum atomic E-state index is 10.8. The highest BCUT2D eigenvalue weighted by Crippen LogP contribution is 2.25. The van der Waals surface area contributed by atoms with Crippen LogP contribution in [0.15, 0.2) is 17.3 Å². The summed E-state index contributed by atoms with van der Waals surface area (Å²) in [4.78, 5) is 14.9. The van der Waals surface area contributed by atoms with Crippen LogP contribution in [0.25, 0.3) is 0 Å². The Morgan fingerprint density at radius 2 is 2.47 bits per heavy atom. The average Bonchev–Trinajstić information content (AvgIpc) is 2.21. The minimum absolute atomic E-state index is 0.241. The van der Waals surface area contributed by atoms with E-state index in [1.54, 1.807) is 6.07 Å². The predicted molar refractivity (Wildman–Crippen MR) is 61.0 cm³/mol. The molecule has 0 fully saturated rings. The van der Waals surface area contributed by atoms with Crippen molar-refractivity contribution < 1.29 is 9.53 Å². The molecule has 2 N–H and O–H groups in total. The first-order valence-corrected chi connectivity index (χ1v) is 5.60. The van der Waals surface area contributed by atoms with Crippen molar-refractivity contribution in [2.45, 2.75) is 11.4 Å². The van der Waals surface area contributed by atoms with Crippen molar-refractivity contribution in [3.63, 3.8) is 0 Å². The van der Waals surface area contributed by atoms with Crippen LogP contribution < -0.4 is 5.73 Å². The summed E-state index contributed by atoms with van der Waals surface area (Å²) >= 11 is 7.10. The first kappa shape index (κ1) is 12.1. The maximum Gasteiger partial charge on any atom is 0.306 e. The van der Waals surface area contributed by atoms with Gasteiger partial charge in [0.25, 0.3) is 0 Å². The van der Waals surface area contributed by atoms with E-state index in [0.717, 1.165) is 0 Å². The van der Waals surface area contributed by atoms with Crippen molar-refractivity contribution >= 4 is 35.0 Å². The summed E-state index contributed by atoms with van der Waals surface area (Å²) < 4.78 is 4.51. The molecule has 1 rings (SSSR count). The second-order valence-corrected chi connectivity index (χ2v) is 4.24. The van der Waals surface area contributed by atoms with E-state index in [1.807, 2.05) is 0 Å². The Hall–Kier alpha value is -0.940. The molecule has 0 saturated carbocycles. The van der Waals surface area contributed by atoms with Crippen molar-refractivity contribution in [3.05, 3.63) is 17.3 Å². The van der Waals surface area contributed by atoms with Gasteiger partial charge >= 0.3 is 5.97 Å². The number of nitrogens with zero attached hydrogens (tertiary/aromatic N) is 1. The summed E-state index contributed by atoms with van der Waals surface area (Å²) in [5, 5.41) is 1.19. The van der Waals surface area contributed by atoms with Crippen LogP contribution in [-0.4, -0.2) is 23.8 Å². The van der Waals surface area contributed by atoms with Crippen LogP contribution in [0.5, 0.6) is 0 Å². The molecule has 15 heavy (non-hydrogen) atoms. The minimum atomic E-state index is -0.241. The molecule has 1 heterocycles. The van der Waals surface area contributed by atoms with E-state index in [4.69, 9.17) is 17.3 Å². The second kappa shape index (κ2) is 5.82. The van der Waals surface area contributed by atoms with Crippen molar-refractivity contribution in [1.29, 1.82) is 0 Å². The summed E-state index contributed by atoms with van der Waals surface area (Å²) in [5.41, 5.74) is 6.21. The van der Waals surface area contributed by atoms with Crippen LogP contribution in [0.4, 0.5) is 5.69 Å². The van der Waals surface area contributed by atoms with Gasteiger partial charge in [-0.1, -0.05) is 11.6 Å². The number of carbonyl (C=O) groups excluding carboxylic acids is 1. The fourth-order valence-corrected chi connectivity index (χ4v) is 1.88. The number of anilines is 1. The minimum Gasteiger partial charge on any atom is -0.469 e. The van der Waals surface area contributed by atoms with Crippen LogP contribution in [0.2, 0.25) is 5.02 Å². The third-order valence-electron chi connectivity index (χ3n) is 1.62. The molecule has 0 atom stereocenters. The number of ether oxygens (including phenoxy) is 1. The molecule has 0 saturated heterocycles. The van der Waals surface area contributed by atoms with E-state index in [0.29, 0.717) is 27.9 Å². The van der Waals surface area contributed by atoms with Crippen LogP contribution in [-0.2, 0) is 9.53 Å². The van der Waals surface area contributed by atoms with Crippen LogP contribution in [0.3, 0.4) is 0 Å². The Balaban J connectivity index is 2.47. The van der Waals surface area contributed by atoms with Crippen molar-refractivity contribution in [2.75, 3.05) is 18.6 Å². The van der Waals surface area contributed by atoms with Gasteiger partial charge in [-0.3, -0.25) is 4.79 Å². The molecule has 0 aliphatic carbocycles. The van der Waals surface area contributed by atoms with Crippen molar-refractivity contribution in [2.24, 2.45) is 0 Å². The highest BCUT2D eigenvalue weighted by Gasteiger charge is 2.05. The standard InChI is InChI=1S/C9H11ClN2O2S/c1-14-8(13)2-3-15-9-7(11)4-6(10)5-12-9/h4-5H,2-3,11H2,1H3. The molecule has 0 bridgehead atoms. The third-order valence-corrected chi connectivity index (χ3v) is 2.85. The van der Waals surface area contributed by atoms with Gasteiger partial charge in [-0.15, -0.1) is 11.8 Å². The molecule has 0 amide bonds. The van der Waals surface area contributed by atoms with Gasteiger partial charge in [-0.2, -0.15) is 0 Å². The van der Waals surface area contributed by atoms with Gasteiger partial charge in [0.05, 0.1) is 24.2 Å². The van der Waals surface area contributed by atoms with E-state index in [-0.39, 0.29) is 5.97 Å². The number of hydrogen-bond donors (Lipinski definition) is 1. The van der Waals surface area contributed by atoms with Crippen LogP contribution >= 0.6 is 23.4 Å². The van der Waals surface area contributed by atoms with Crippen molar-refractivity contribution in [3.8, 4) is 0 Å². The lowest BCUT2D eigenvalue weighted by Gasteiger charge is -2.03. The molecule has 0 radical (unpaired) electrons.